The summed E-state index contributed by atoms with van der Waals surface area (Å²) in [4.78, 5) is 12.2. The van der Waals surface area contributed by atoms with Crippen LogP contribution in [0.4, 0.5) is 0 Å². The topological polar surface area (TPSA) is 55.1 Å². The minimum atomic E-state index is -0.726. The third kappa shape index (κ3) is 3.21. The van der Waals surface area contributed by atoms with Crippen LogP contribution in [0.1, 0.15) is 57.4 Å². The van der Waals surface area contributed by atoms with Crippen molar-refractivity contribution in [3.05, 3.63) is 35.9 Å². The molecule has 3 nitrogen and oxygen atoms in total. The fourth-order valence-electron chi connectivity index (χ4n) is 3.27. The maximum atomic E-state index is 12.2. The normalized spacial score (nSPS) is 20.1. The Morgan fingerprint density at radius 1 is 1.20 bits per heavy atom. The molecule has 0 spiro atoms. The molecule has 3 N–H and O–H groups in total. The quantitative estimate of drug-likeness (QED) is 0.811. The number of carbonyl (C=O) groups excluding carboxylic acids is 1. The lowest BCUT2D eigenvalue weighted by atomic mass is 9.85. The lowest BCUT2D eigenvalue weighted by molar-refractivity contribution is -0.125. The predicted octanol–water partition coefficient (Wildman–Crippen LogP) is 3.09. The van der Waals surface area contributed by atoms with E-state index in [1.165, 1.54) is 25.7 Å². The Kier molecular flexibility index (Phi) is 5.18. The van der Waals surface area contributed by atoms with Gasteiger partial charge in [-0.25, -0.2) is 0 Å². The van der Waals surface area contributed by atoms with Gasteiger partial charge in [-0.1, -0.05) is 62.9 Å². The van der Waals surface area contributed by atoms with Crippen molar-refractivity contribution in [3.63, 3.8) is 0 Å². The standard InChI is InChI=1S/C17H26N2O/c1-2-17(16(18)20,14-10-6-5-7-11-14)19-15-12-8-3-4-9-13-15/h5-7,10-11,15,19H,2-4,8-9,12-13H2,1H3,(H2,18,20). The molecule has 1 amide bonds. The Balaban J connectivity index is 2.25. The fourth-order valence-corrected chi connectivity index (χ4v) is 3.27. The van der Waals surface area contributed by atoms with Gasteiger partial charge < -0.3 is 5.73 Å². The second kappa shape index (κ2) is 6.89. The molecule has 1 aromatic carbocycles. The Hall–Kier alpha value is -1.35. The summed E-state index contributed by atoms with van der Waals surface area (Å²) in [7, 11) is 0. The number of hydrogen-bond acceptors (Lipinski definition) is 2. The zero-order valence-electron chi connectivity index (χ0n) is 12.4. The summed E-state index contributed by atoms with van der Waals surface area (Å²) in [5, 5.41) is 3.60. The Labute approximate surface area is 121 Å². The van der Waals surface area contributed by atoms with Gasteiger partial charge in [0, 0.05) is 6.04 Å². The average Bonchev–Trinajstić information content (AvgIpc) is 2.74. The second-order valence-electron chi connectivity index (χ2n) is 5.82. The first-order valence-corrected chi connectivity index (χ1v) is 7.82. The third-order valence-electron chi connectivity index (χ3n) is 4.52. The number of nitrogens with one attached hydrogen (secondary N) is 1. The molecule has 0 saturated heterocycles. The van der Waals surface area contributed by atoms with Crippen LogP contribution in [0.15, 0.2) is 30.3 Å². The molecule has 1 atom stereocenters. The molecule has 0 aliphatic heterocycles. The highest BCUT2D eigenvalue weighted by Crippen LogP contribution is 2.28. The van der Waals surface area contributed by atoms with Gasteiger partial charge in [-0.05, 0) is 24.8 Å². The molecule has 0 heterocycles. The van der Waals surface area contributed by atoms with Gasteiger partial charge in [-0.15, -0.1) is 0 Å². The molecule has 3 heteroatoms. The van der Waals surface area contributed by atoms with Gasteiger partial charge >= 0.3 is 0 Å². The van der Waals surface area contributed by atoms with Crippen molar-refractivity contribution in [3.8, 4) is 0 Å². The van der Waals surface area contributed by atoms with E-state index in [2.05, 4.69) is 5.32 Å². The van der Waals surface area contributed by atoms with E-state index in [4.69, 9.17) is 5.73 Å². The minimum absolute atomic E-state index is 0.268. The lowest BCUT2D eigenvalue weighted by Gasteiger charge is -2.35. The molecular formula is C17H26N2O. The number of nitrogens with two attached hydrogens (primary N) is 1. The van der Waals surface area contributed by atoms with Crippen molar-refractivity contribution in [2.45, 2.75) is 63.5 Å². The van der Waals surface area contributed by atoms with Crippen molar-refractivity contribution >= 4 is 5.91 Å². The SMILES string of the molecule is CCC(NC1CCCCCC1)(C(N)=O)c1ccccc1. The lowest BCUT2D eigenvalue weighted by Crippen LogP contribution is -2.55. The van der Waals surface area contributed by atoms with Gasteiger partial charge in [0.1, 0.15) is 5.54 Å². The highest BCUT2D eigenvalue weighted by atomic mass is 16.1. The predicted molar refractivity (Wildman–Crippen MR) is 82.2 cm³/mol. The fraction of sp³-hybridized carbons (Fsp3) is 0.588. The molecule has 110 valence electrons. The Morgan fingerprint density at radius 3 is 2.30 bits per heavy atom. The highest BCUT2D eigenvalue weighted by Gasteiger charge is 2.38. The molecule has 1 aliphatic carbocycles. The van der Waals surface area contributed by atoms with Gasteiger partial charge in [0.15, 0.2) is 0 Å². The summed E-state index contributed by atoms with van der Waals surface area (Å²) in [6.45, 7) is 2.03. The monoisotopic (exact) mass is 274 g/mol. The number of amides is 1. The first kappa shape index (κ1) is 15.0. The zero-order chi connectivity index (χ0) is 14.4. The van der Waals surface area contributed by atoms with E-state index in [0.29, 0.717) is 12.5 Å². The number of hydrogen-bond donors (Lipinski definition) is 2. The van der Waals surface area contributed by atoms with E-state index >= 15 is 0 Å². The van der Waals surface area contributed by atoms with Crippen molar-refractivity contribution in [2.24, 2.45) is 5.73 Å². The van der Waals surface area contributed by atoms with Crippen LogP contribution in [0, 0.1) is 0 Å². The molecule has 1 aromatic rings. The Morgan fingerprint density at radius 2 is 1.80 bits per heavy atom. The molecule has 20 heavy (non-hydrogen) atoms. The maximum absolute atomic E-state index is 12.2. The van der Waals surface area contributed by atoms with Gasteiger partial charge in [-0.2, -0.15) is 0 Å². The summed E-state index contributed by atoms with van der Waals surface area (Å²) in [5.74, 6) is -0.268. The third-order valence-corrected chi connectivity index (χ3v) is 4.52. The van der Waals surface area contributed by atoms with Crippen LogP contribution in [0.2, 0.25) is 0 Å². The number of rotatable bonds is 5. The van der Waals surface area contributed by atoms with E-state index in [0.717, 1.165) is 18.4 Å². The molecule has 0 radical (unpaired) electrons. The summed E-state index contributed by atoms with van der Waals surface area (Å²) in [5.41, 5.74) is 6.03. The molecule has 1 unspecified atom stereocenters. The van der Waals surface area contributed by atoms with Crippen LogP contribution in [-0.4, -0.2) is 11.9 Å². The molecular weight excluding hydrogens is 248 g/mol. The van der Waals surface area contributed by atoms with E-state index in [1.807, 2.05) is 37.3 Å². The van der Waals surface area contributed by atoms with Gasteiger partial charge in [0.2, 0.25) is 5.91 Å². The van der Waals surface area contributed by atoms with E-state index in [1.54, 1.807) is 0 Å². The van der Waals surface area contributed by atoms with E-state index in [-0.39, 0.29) is 5.91 Å². The summed E-state index contributed by atoms with van der Waals surface area (Å²) >= 11 is 0. The number of primary amides is 1. The average molecular weight is 274 g/mol. The van der Waals surface area contributed by atoms with Crippen LogP contribution in [0.5, 0.6) is 0 Å². The molecule has 1 aliphatic rings. The maximum Gasteiger partial charge on any atom is 0.242 e. The van der Waals surface area contributed by atoms with E-state index in [9.17, 15) is 4.79 Å². The van der Waals surface area contributed by atoms with Gasteiger partial charge in [0.25, 0.3) is 0 Å². The zero-order valence-corrected chi connectivity index (χ0v) is 12.4. The van der Waals surface area contributed by atoms with Crippen LogP contribution in [-0.2, 0) is 10.3 Å². The van der Waals surface area contributed by atoms with Crippen LogP contribution in [0.3, 0.4) is 0 Å². The van der Waals surface area contributed by atoms with Gasteiger partial charge in [0.05, 0.1) is 0 Å². The smallest absolute Gasteiger partial charge is 0.242 e. The minimum Gasteiger partial charge on any atom is -0.368 e. The number of carbonyl (C=O) groups is 1. The van der Waals surface area contributed by atoms with E-state index < -0.39 is 5.54 Å². The summed E-state index contributed by atoms with van der Waals surface area (Å²) < 4.78 is 0. The first-order chi connectivity index (χ1) is 9.69. The summed E-state index contributed by atoms with van der Waals surface area (Å²) in [6.07, 6.45) is 8.06. The van der Waals surface area contributed by atoms with Crippen LogP contribution in [0.25, 0.3) is 0 Å². The van der Waals surface area contributed by atoms with Crippen molar-refractivity contribution in [1.82, 2.24) is 5.32 Å². The Bertz CT molecular complexity index is 424. The highest BCUT2D eigenvalue weighted by molar-refractivity contribution is 5.86. The molecule has 1 fully saturated rings. The van der Waals surface area contributed by atoms with Crippen LogP contribution >= 0.6 is 0 Å². The largest absolute Gasteiger partial charge is 0.368 e. The molecule has 2 rings (SSSR count). The molecule has 0 aromatic heterocycles. The number of benzene rings is 1. The first-order valence-electron chi connectivity index (χ1n) is 7.82. The van der Waals surface area contributed by atoms with Crippen molar-refractivity contribution < 1.29 is 4.79 Å². The van der Waals surface area contributed by atoms with Gasteiger partial charge in [-0.3, -0.25) is 10.1 Å². The van der Waals surface area contributed by atoms with Crippen molar-refractivity contribution in [1.29, 1.82) is 0 Å². The molecule has 1 saturated carbocycles. The second-order valence-corrected chi connectivity index (χ2v) is 5.82. The van der Waals surface area contributed by atoms with Crippen molar-refractivity contribution in [2.75, 3.05) is 0 Å². The molecule has 0 bridgehead atoms. The van der Waals surface area contributed by atoms with Crippen LogP contribution < -0.4 is 11.1 Å². The summed E-state index contributed by atoms with van der Waals surface area (Å²) in [6, 6.07) is 10.3.